The summed E-state index contributed by atoms with van der Waals surface area (Å²) >= 11 is 0. The first kappa shape index (κ1) is 14.9. The Kier molecular flexibility index (Phi) is 4.36. The van der Waals surface area contributed by atoms with Crippen LogP contribution < -0.4 is 5.32 Å². The van der Waals surface area contributed by atoms with Crippen LogP contribution in [0.15, 0.2) is 24.4 Å². The van der Waals surface area contributed by atoms with Crippen molar-refractivity contribution in [3.05, 3.63) is 35.7 Å². The highest BCUT2D eigenvalue weighted by Crippen LogP contribution is 2.28. The number of anilines is 1. The molecule has 0 bridgehead atoms. The second-order valence-electron chi connectivity index (χ2n) is 6.33. The van der Waals surface area contributed by atoms with E-state index in [0.717, 1.165) is 22.8 Å². The summed E-state index contributed by atoms with van der Waals surface area (Å²) in [5.74, 6) is 2.36. The zero-order chi connectivity index (χ0) is 15.5. The van der Waals surface area contributed by atoms with Crippen molar-refractivity contribution >= 4 is 5.82 Å². The first-order valence-corrected chi connectivity index (χ1v) is 8.18. The second kappa shape index (κ2) is 6.42. The van der Waals surface area contributed by atoms with Gasteiger partial charge in [0.2, 0.25) is 0 Å². The van der Waals surface area contributed by atoms with E-state index >= 15 is 0 Å². The fourth-order valence-corrected chi connectivity index (χ4v) is 3.09. The minimum absolute atomic E-state index is 0.512. The van der Waals surface area contributed by atoms with E-state index in [-0.39, 0.29) is 0 Å². The Morgan fingerprint density at radius 3 is 2.64 bits per heavy atom. The third-order valence-corrected chi connectivity index (χ3v) is 4.72. The zero-order valence-corrected chi connectivity index (χ0v) is 13.6. The van der Waals surface area contributed by atoms with Crippen molar-refractivity contribution in [3.8, 4) is 11.5 Å². The number of nitrogens with zero attached hydrogens (tertiary/aromatic N) is 3. The van der Waals surface area contributed by atoms with Crippen molar-refractivity contribution in [3.63, 3.8) is 0 Å². The van der Waals surface area contributed by atoms with Gasteiger partial charge in [-0.25, -0.2) is 9.97 Å². The Labute approximate surface area is 132 Å². The van der Waals surface area contributed by atoms with E-state index in [1.165, 1.54) is 25.7 Å². The van der Waals surface area contributed by atoms with E-state index < -0.39 is 0 Å². The molecule has 1 saturated carbocycles. The molecule has 0 radical (unpaired) electrons. The topological polar surface area (TPSA) is 50.7 Å². The van der Waals surface area contributed by atoms with Crippen molar-refractivity contribution in [2.75, 3.05) is 5.32 Å². The van der Waals surface area contributed by atoms with Gasteiger partial charge in [-0.2, -0.15) is 0 Å². The summed E-state index contributed by atoms with van der Waals surface area (Å²) in [6.07, 6.45) is 6.96. The van der Waals surface area contributed by atoms with Gasteiger partial charge in [-0.05, 0) is 44.7 Å². The van der Waals surface area contributed by atoms with Crippen LogP contribution in [0.5, 0.6) is 0 Å². The molecule has 1 N–H and O–H groups in total. The lowest BCUT2D eigenvalue weighted by molar-refractivity contribution is 0.349. The highest BCUT2D eigenvalue weighted by atomic mass is 15.1. The molecule has 22 heavy (non-hydrogen) atoms. The highest BCUT2D eigenvalue weighted by Gasteiger charge is 2.22. The second-order valence-corrected chi connectivity index (χ2v) is 6.33. The smallest absolute Gasteiger partial charge is 0.180 e. The van der Waals surface area contributed by atoms with Gasteiger partial charge in [-0.1, -0.05) is 25.8 Å². The lowest BCUT2D eigenvalue weighted by Crippen LogP contribution is -2.31. The molecule has 1 fully saturated rings. The van der Waals surface area contributed by atoms with Crippen LogP contribution >= 0.6 is 0 Å². The lowest BCUT2D eigenvalue weighted by Gasteiger charge is -2.30. The summed E-state index contributed by atoms with van der Waals surface area (Å²) in [6, 6.07) is 6.35. The van der Waals surface area contributed by atoms with E-state index in [2.05, 4.69) is 29.1 Å². The number of aromatic nitrogens is 3. The molecular formula is C18H24N4. The fourth-order valence-electron chi connectivity index (χ4n) is 3.09. The Morgan fingerprint density at radius 2 is 1.91 bits per heavy atom. The molecule has 2 unspecified atom stereocenters. The van der Waals surface area contributed by atoms with Crippen molar-refractivity contribution in [2.45, 2.75) is 52.5 Å². The SMILES string of the molecule is Cc1nc(-c2ccccn2)nc(NC2CCCCC2C)c1C. The maximum absolute atomic E-state index is 4.75. The summed E-state index contributed by atoms with van der Waals surface area (Å²) in [6.45, 7) is 6.46. The first-order chi connectivity index (χ1) is 10.6. The van der Waals surface area contributed by atoms with Gasteiger partial charge in [0.05, 0.1) is 0 Å². The number of aryl methyl sites for hydroxylation is 1. The van der Waals surface area contributed by atoms with E-state index in [4.69, 9.17) is 4.98 Å². The van der Waals surface area contributed by atoms with Crippen LogP contribution in [0, 0.1) is 19.8 Å². The molecule has 1 aliphatic carbocycles. The summed E-state index contributed by atoms with van der Waals surface area (Å²) in [5, 5.41) is 3.67. The molecular weight excluding hydrogens is 272 g/mol. The third kappa shape index (κ3) is 3.11. The van der Waals surface area contributed by atoms with Gasteiger partial charge >= 0.3 is 0 Å². The van der Waals surface area contributed by atoms with Crippen LogP contribution in [0.1, 0.15) is 43.9 Å². The van der Waals surface area contributed by atoms with Crippen molar-refractivity contribution in [1.82, 2.24) is 15.0 Å². The average Bonchev–Trinajstić information content (AvgIpc) is 2.54. The molecule has 0 saturated heterocycles. The van der Waals surface area contributed by atoms with Crippen LogP contribution in [-0.4, -0.2) is 21.0 Å². The van der Waals surface area contributed by atoms with Gasteiger partial charge < -0.3 is 5.32 Å². The predicted molar refractivity (Wildman–Crippen MR) is 89.8 cm³/mol. The van der Waals surface area contributed by atoms with Crippen molar-refractivity contribution in [2.24, 2.45) is 5.92 Å². The summed E-state index contributed by atoms with van der Waals surface area (Å²) < 4.78 is 0. The molecule has 116 valence electrons. The monoisotopic (exact) mass is 296 g/mol. The number of rotatable bonds is 3. The molecule has 4 nitrogen and oxygen atoms in total. The molecule has 0 spiro atoms. The Hall–Kier alpha value is -1.97. The van der Waals surface area contributed by atoms with Crippen LogP contribution in [0.2, 0.25) is 0 Å². The summed E-state index contributed by atoms with van der Waals surface area (Å²) in [4.78, 5) is 13.7. The van der Waals surface area contributed by atoms with Crippen LogP contribution in [0.25, 0.3) is 11.5 Å². The molecule has 3 rings (SSSR count). The molecule has 4 heteroatoms. The van der Waals surface area contributed by atoms with Gasteiger partial charge in [-0.15, -0.1) is 0 Å². The molecule has 2 aromatic heterocycles. The van der Waals surface area contributed by atoms with Crippen LogP contribution in [0.3, 0.4) is 0 Å². The molecule has 2 aromatic rings. The molecule has 1 aliphatic rings. The zero-order valence-electron chi connectivity index (χ0n) is 13.6. The predicted octanol–water partition coefficient (Wildman–Crippen LogP) is 4.15. The number of hydrogen-bond acceptors (Lipinski definition) is 4. The molecule has 0 aliphatic heterocycles. The first-order valence-electron chi connectivity index (χ1n) is 8.18. The number of pyridine rings is 1. The van der Waals surface area contributed by atoms with Gasteiger partial charge in [0.15, 0.2) is 5.82 Å². The molecule has 2 heterocycles. The summed E-state index contributed by atoms with van der Waals surface area (Å²) in [5.41, 5.74) is 2.98. The normalized spacial score (nSPS) is 21.6. The standard InChI is InChI=1S/C18H24N4/c1-12-8-4-5-9-15(12)21-17-13(2)14(3)20-18(22-17)16-10-6-7-11-19-16/h6-7,10-12,15H,4-5,8-9H2,1-3H3,(H,20,21,22). The third-order valence-electron chi connectivity index (χ3n) is 4.72. The molecule has 0 aromatic carbocycles. The van der Waals surface area contributed by atoms with Gasteiger partial charge in [0, 0.05) is 23.5 Å². The van der Waals surface area contributed by atoms with Gasteiger partial charge in [0.25, 0.3) is 0 Å². The molecule has 0 amide bonds. The van der Waals surface area contributed by atoms with E-state index in [1.54, 1.807) is 6.20 Å². The minimum atomic E-state index is 0.512. The van der Waals surface area contributed by atoms with E-state index in [1.807, 2.05) is 25.1 Å². The van der Waals surface area contributed by atoms with Crippen LogP contribution in [0.4, 0.5) is 5.82 Å². The largest absolute Gasteiger partial charge is 0.367 e. The average molecular weight is 296 g/mol. The number of nitrogens with one attached hydrogen (secondary N) is 1. The highest BCUT2D eigenvalue weighted by molar-refractivity contribution is 5.56. The lowest BCUT2D eigenvalue weighted by atomic mass is 9.86. The minimum Gasteiger partial charge on any atom is -0.367 e. The van der Waals surface area contributed by atoms with E-state index in [9.17, 15) is 0 Å². The van der Waals surface area contributed by atoms with Gasteiger partial charge in [0.1, 0.15) is 11.5 Å². The molecule has 2 atom stereocenters. The Bertz CT molecular complexity index is 639. The van der Waals surface area contributed by atoms with Crippen molar-refractivity contribution < 1.29 is 0 Å². The quantitative estimate of drug-likeness (QED) is 0.924. The Morgan fingerprint density at radius 1 is 1.09 bits per heavy atom. The number of hydrogen-bond donors (Lipinski definition) is 1. The van der Waals surface area contributed by atoms with Crippen molar-refractivity contribution in [1.29, 1.82) is 0 Å². The maximum Gasteiger partial charge on any atom is 0.180 e. The van der Waals surface area contributed by atoms with E-state index in [0.29, 0.717) is 17.8 Å². The summed E-state index contributed by atoms with van der Waals surface area (Å²) in [7, 11) is 0. The Balaban J connectivity index is 1.91. The maximum atomic E-state index is 4.75. The fraction of sp³-hybridized carbons (Fsp3) is 0.500. The van der Waals surface area contributed by atoms with Crippen LogP contribution in [-0.2, 0) is 0 Å². The van der Waals surface area contributed by atoms with Gasteiger partial charge in [-0.3, -0.25) is 4.98 Å².